The second-order valence-corrected chi connectivity index (χ2v) is 7.68. The smallest absolute Gasteiger partial charge is 0.274 e. The van der Waals surface area contributed by atoms with Crippen molar-refractivity contribution in [2.24, 2.45) is 0 Å². The number of ether oxygens (including phenoxy) is 3. The third-order valence-corrected chi connectivity index (χ3v) is 5.57. The maximum atomic E-state index is 12.8. The summed E-state index contributed by atoms with van der Waals surface area (Å²) in [6.07, 6.45) is 3.36. The molecule has 0 radical (unpaired) electrons. The fraction of sp³-hybridized carbons (Fsp3) is 0.550. The van der Waals surface area contributed by atoms with Crippen LogP contribution in [-0.2, 0) is 22.4 Å². The predicted molar refractivity (Wildman–Crippen MR) is 99.3 cm³/mol. The highest BCUT2D eigenvalue weighted by Crippen LogP contribution is 2.24. The van der Waals surface area contributed by atoms with Gasteiger partial charge in [-0.1, -0.05) is 0 Å². The zero-order valence-electron chi connectivity index (χ0n) is 15.9. The van der Waals surface area contributed by atoms with E-state index in [-0.39, 0.29) is 24.2 Å². The van der Waals surface area contributed by atoms with Crippen LogP contribution in [0.15, 0.2) is 24.4 Å². The van der Waals surface area contributed by atoms with E-state index in [2.05, 4.69) is 10.1 Å². The van der Waals surface area contributed by atoms with Crippen molar-refractivity contribution in [3.05, 3.63) is 41.5 Å². The first-order chi connectivity index (χ1) is 13.7. The number of aromatic nitrogens is 3. The van der Waals surface area contributed by atoms with Gasteiger partial charge in [0.15, 0.2) is 5.69 Å². The first-order valence-corrected chi connectivity index (χ1v) is 9.84. The van der Waals surface area contributed by atoms with Gasteiger partial charge in [0.2, 0.25) is 0 Å². The van der Waals surface area contributed by atoms with Crippen LogP contribution in [0.1, 0.15) is 28.3 Å². The molecular formula is C20H24N4O4. The van der Waals surface area contributed by atoms with Crippen molar-refractivity contribution in [2.45, 2.75) is 44.6 Å². The number of aryl methyl sites for hydroxylation is 3. The van der Waals surface area contributed by atoms with Gasteiger partial charge in [0.1, 0.15) is 24.1 Å². The van der Waals surface area contributed by atoms with E-state index in [1.165, 1.54) is 0 Å². The van der Waals surface area contributed by atoms with Crippen molar-refractivity contribution < 1.29 is 19.0 Å². The number of pyridine rings is 1. The Bertz CT molecular complexity index is 828. The number of rotatable bonds is 3. The summed E-state index contributed by atoms with van der Waals surface area (Å²) in [5, 5.41) is 4.45. The number of likely N-dealkylation sites (tertiary alicyclic amines) is 1. The lowest BCUT2D eigenvalue weighted by Gasteiger charge is -2.19. The van der Waals surface area contributed by atoms with Gasteiger partial charge in [-0.05, 0) is 38.0 Å². The van der Waals surface area contributed by atoms with E-state index in [0.717, 1.165) is 30.8 Å². The van der Waals surface area contributed by atoms with Gasteiger partial charge in [-0.25, -0.2) is 0 Å². The Labute approximate surface area is 163 Å². The zero-order valence-corrected chi connectivity index (χ0v) is 15.9. The maximum Gasteiger partial charge on any atom is 0.274 e. The van der Waals surface area contributed by atoms with E-state index in [1.807, 2.05) is 29.8 Å². The Balaban J connectivity index is 1.18. The average molecular weight is 384 g/mol. The van der Waals surface area contributed by atoms with Crippen molar-refractivity contribution >= 4 is 5.91 Å². The fourth-order valence-electron chi connectivity index (χ4n) is 4.05. The standard InChI is InChI=1S/C20H24N4O4/c1-13-4-5-15(8-21-13)28-16-11-26-18-9-23(10-19(18)27-12-16)20(25)17-7-14-3-2-6-24(14)22-17/h4-5,7-8,16,18-19H,2-3,6,9-12H2,1H3/t18-,19-/m0/s1. The van der Waals surface area contributed by atoms with Crippen LogP contribution in [0.25, 0.3) is 0 Å². The average Bonchev–Trinajstić information content (AvgIpc) is 3.37. The van der Waals surface area contributed by atoms with Crippen LogP contribution < -0.4 is 4.74 Å². The van der Waals surface area contributed by atoms with E-state index in [1.54, 1.807) is 11.1 Å². The highest BCUT2D eigenvalue weighted by Gasteiger charge is 2.40. The van der Waals surface area contributed by atoms with Crippen LogP contribution in [0.2, 0.25) is 0 Å². The Morgan fingerprint density at radius 2 is 2.00 bits per heavy atom. The molecule has 8 nitrogen and oxygen atoms in total. The van der Waals surface area contributed by atoms with E-state index in [0.29, 0.717) is 37.7 Å². The Morgan fingerprint density at radius 3 is 2.68 bits per heavy atom. The van der Waals surface area contributed by atoms with E-state index in [4.69, 9.17) is 14.2 Å². The van der Waals surface area contributed by atoms with Crippen molar-refractivity contribution in [3.63, 3.8) is 0 Å². The van der Waals surface area contributed by atoms with Gasteiger partial charge in [-0.3, -0.25) is 14.5 Å². The molecule has 2 atom stereocenters. The van der Waals surface area contributed by atoms with Gasteiger partial charge in [-0.15, -0.1) is 0 Å². The summed E-state index contributed by atoms with van der Waals surface area (Å²) >= 11 is 0. The molecule has 0 unspecified atom stereocenters. The quantitative estimate of drug-likeness (QED) is 0.792. The third kappa shape index (κ3) is 3.38. The Hall–Kier alpha value is -2.45. The second-order valence-electron chi connectivity index (χ2n) is 7.68. The van der Waals surface area contributed by atoms with Gasteiger partial charge in [0.05, 0.1) is 19.4 Å². The molecule has 2 saturated heterocycles. The molecule has 2 aromatic rings. The van der Waals surface area contributed by atoms with Gasteiger partial charge in [0.25, 0.3) is 5.91 Å². The minimum absolute atomic E-state index is 0.0410. The molecule has 0 aliphatic carbocycles. The molecule has 8 heteroatoms. The van der Waals surface area contributed by atoms with Crippen molar-refractivity contribution in [1.82, 2.24) is 19.7 Å². The van der Waals surface area contributed by atoms with Gasteiger partial charge in [-0.2, -0.15) is 5.10 Å². The fourth-order valence-corrected chi connectivity index (χ4v) is 4.05. The number of hydrogen-bond donors (Lipinski definition) is 0. The molecule has 0 aromatic carbocycles. The lowest BCUT2D eigenvalue weighted by molar-refractivity contribution is -0.00461. The van der Waals surface area contributed by atoms with E-state index in [9.17, 15) is 4.79 Å². The summed E-state index contributed by atoms with van der Waals surface area (Å²) < 4.78 is 19.9. The van der Waals surface area contributed by atoms with Gasteiger partial charge in [0, 0.05) is 31.0 Å². The van der Waals surface area contributed by atoms with Crippen LogP contribution in [0.5, 0.6) is 5.75 Å². The number of nitrogens with zero attached hydrogens (tertiary/aromatic N) is 4. The second kappa shape index (κ2) is 7.18. The SMILES string of the molecule is Cc1ccc(OC2CO[C@H]3CN(C(=O)c4cc5n(n4)CCC5)C[C@@H]3OC2)cn1. The maximum absolute atomic E-state index is 12.8. The van der Waals surface area contributed by atoms with Gasteiger partial charge < -0.3 is 19.1 Å². The molecule has 0 spiro atoms. The molecule has 28 heavy (non-hydrogen) atoms. The number of hydrogen-bond acceptors (Lipinski definition) is 6. The molecule has 0 saturated carbocycles. The van der Waals surface area contributed by atoms with Gasteiger partial charge >= 0.3 is 0 Å². The molecule has 3 aliphatic rings. The summed E-state index contributed by atoms with van der Waals surface area (Å²) in [5.41, 5.74) is 2.62. The van der Waals surface area contributed by atoms with Crippen molar-refractivity contribution in [2.75, 3.05) is 26.3 Å². The first-order valence-electron chi connectivity index (χ1n) is 9.84. The summed E-state index contributed by atoms with van der Waals surface area (Å²) in [6, 6.07) is 5.74. The van der Waals surface area contributed by atoms with Crippen LogP contribution in [0.3, 0.4) is 0 Å². The minimum Gasteiger partial charge on any atom is -0.484 e. The third-order valence-electron chi connectivity index (χ3n) is 5.57. The molecule has 1 amide bonds. The highest BCUT2D eigenvalue weighted by molar-refractivity contribution is 5.92. The summed E-state index contributed by atoms with van der Waals surface area (Å²) in [6.45, 7) is 4.73. The lowest BCUT2D eigenvalue weighted by atomic mass is 10.2. The Morgan fingerprint density at radius 1 is 1.21 bits per heavy atom. The van der Waals surface area contributed by atoms with Crippen LogP contribution in [0.4, 0.5) is 0 Å². The molecular weight excluding hydrogens is 360 g/mol. The summed E-state index contributed by atoms with van der Waals surface area (Å²) in [4.78, 5) is 18.9. The largest absolute Gasteiger partial charge is 0.484 e. The minimum atomic E-state index is -0.185. The molecule has 0 N–H and O–H groups in total. The topological polar surface area (TPSA) is 78.7 Å². The summed E-state index contributed by atoms with van der Waals surface area (Å²) in [5.74, 6) is 0.667. The van der Waals surface area contributed by atoms with E-state index >= 15 is 0 Å². The highest BCUT2D eigenvalue weighted by atomic mass is 16.6. The number of carbonyl (C=O) groups excluding carboxylic acids is 1. The Kier molecular flexibility index (Phi) is 4.52. The number of carbonyl (C=O) groups is 1. The molecule has 2 aromatic heterocycles. The van der Waals surface area contributed by atoms with Crippen LogP contribution in [0, 0.1) is 6.92 Å². The number of fused-ring (bicyclic) bond motifs is 2. The molecule has 5 rings (SSSR count). The van der Waals surface area contributed by atoms with Crippen LogP contribution >= 0.6 is 0 Å². The molecule has 0 bridgehead atoms. The van der Waals surface area contributed by atoms with Crippen molar-refractivity contribution in [1.29, 1.82) is 0 Å². The predicted octanol–water partition coefficient (Wildman–Crippen LogP) is 1.22. The lowest BCUT2D eigenvalue weighted by Crippen LogP contribution is -2.33. The zero-order chi connectivity index (χ0) is 19.1. The monoisotopic (exact) mass is 384 g/mol. The molecule has 3 aliphatic heterocycles. The molecule has 148 valence electrons. The van der Waals surface area contributed by atoms with Crippen LogP contribution in [-0.4, -0.2) is 70.2 Å². The summed E-state index contributed by atoms with van der Waals surface area (Å²) in [7, 11) is 0. The normalized spacial score (nSPS) is 24.7. The van der Waals surface area contributed by atoms with Crippen molar-refractivity contribution in [3.8, 4) is 5.75 Å². The first kappa shape index (κ1) is 17.6. The van der Waals surface area contributed by atoms with E-state index < -0.39 is 0 Å². The molecule has 2 fully saturated rings. The number of amides is 1. The molecule has 5 heterocycles.